The molecular weight excluding hydrogens is 288 g/mol. The van der Waals surface area contributed by atoms with Crippen molar-refractivity contribution in [3.8, 4) is 0 Å². The zero-order valence-corrected chi connectivity index (χ0v) is 12.6. The molecular formula is C14H18N4O2S. The summed E-state index contributed by atoms with van der Waals surface area (Å²) < 4.78 is 1.53. The third kappa shape index (κ3) is 3.14. The number of carbonyl (C=O) groups excluding carboxylic acids is 1. The predicted octanol–water partition coefficient (Wildman–Crippen LogP) is 0.670. The molecule has 1 N–H and O–H groups in total. The van der Waals surface area contributed by atoms with Crippen molar-refractivity contribution in [2.75, 3.05) is 26.2 Å². The van der Waals surface area contributed by atoms with Crippen LogP contribution in [0.2, 0.25) is 0 Å². The molecule has 6 nitrogen and oxygen atoms in total. The van der Waals surface area contributed by atoms with E-state index in [2.05, 4.69) is 10.3 Å². The monoisotopic (exact) mass is 306 g/mol. The predicted molar refractivity (Wildman–Crippen MR) is 82.6 cm³/mol. The third-order valence-corrected chi connectivity index (χ3v) is 4.53. The summed E-state index contributed by atoms with van der Waals surface area (Å²) in [5.74, 6) is 0.107. The van der Waals surface area contributed by atoms with Gasteiger partial charge in [-0.3, -0.25) is 14.2 Å². The fourth-order valence-corrected chi connectivity index (χ4v) is 3.25. The van der Waals surface area contributed by atoms with Gasteiger partial charge in [0.25, 0.3) is 5.56 Å². The lowest BCUT2D eigenvalue weighted by atomic mass is 10.3. The summed E-state index contributed by atoms with van der Waals surface area (Å²) >= 11 is 1.45. The van der Waals surface area contributed by atoms with Gasteiger partial charge in [-0.25, -0.2) is 4.98 Å². The number of amides is 1. The van der Waals surface area contributed by atoms with Gasteiger partial charge in [0.1, 0.15) is 4.83 Å². The van der Waals surface area contributed by atoms with Crippen LogP contribution in [0.4, 0.5) is 0 Å². The van der Waals surface area contributed by atoms with E-state index >= 15 is 0 Å². The van der Waals surface area contributed by atoms with Crippen LogP contribution in [0.5, 0.6) is 0 Å². The molecule has 1 saturated heterocycles. The maximum absolute atomic E-state index is 12.2. The smallest absolute Gasteiger partial charge is 0.262 e. The minimum atomic E-state index is -0.0633. The van der Waals surface area contributed by atoms with E-state index in [-0.39, 0.29) is 11.5 Å². The number of fused-ring (bicyclic) bond motifs is 1. The summed E-state index contributed by atoms with van der Waals surface area (Å²) in [4.78, 5) is 31.3. The van der Waals surface area contributed by atoms with Crippen LogP contribution in [0, 0.1) is 0 Å². The Bertz CT molecular complexity index is 686. The molecule has 1 aliphatic rings. The molecule has 0 aliphatic carbocycles. The first-order valence-electron chi connectivity index (χ1n) is 7.17. The maximum atomic E-state index is 12.2. The first-order valence-corrected chi connectivity index (χ1v) is 8.05. The fourth-order valence-electron chi connectivity index (χ4n) is 2.52. The van der Waals surface area contributed by atoms with Gasteiger partial charge < -0.3 is 10.2 Å². The Morgan fingerprint density at radius 2 is 2.29 bits per heavy atom. The summed E-state index contributed by atoms with van der Waals surface area (Å²) in [7, 11) is 0. The van der Waals surface area contributed by atoms with Crippen molar-refractivity contribution in [1.29, 1.82) is 0 Å². The van der Waals surface area contributed by atoms with Crippen molar-refractivity contribution in [3.05, 3.63) is 28.1 Å². The molecule has 0 bridgehead atoms. The van der Waals surface area contributed by atoms with Gasteiger partial charge in [-0.15, -0.1) is 11.3 Å². The molecule has 2 aromatic heterocycles. The van der Waals surface area contributed by atoms with Gasteiger partial charge in [-0.1, -0.05) is 0 Å². The molecule has 21 heavy (non-hydrogen) atoms. The Labute approximate surface area is 126 Å². The number of nitrogens with zero attached hydrogens (tertiary/aromatic N) is 3. The topological polar surface area (TPSA) is 67.2 Å². The Kier molecular flexibility index (Phi) is 4.31. The van der Waals surface area contributed by atoms with E-state index in [0.29, 0.717) is 18.4 Å². The van der Waals surface area contributed by atoms with Crippen molar-refractivity contribution >= 4 is 27.5 Å². The average Bonchev–Trinajstić information content (AvgIpc) is 2.81. The van der Waals surface area contributed by atoms with Gasteiger partial charge in [-0.05, 0) is 24.4 Å². The summed E-state index contributed by atoms with van der Waals surface area (Å²) in [6.45, 7) is 3.73. The number of hydrogen-bond acceptors (Lipinski definition) is 5. The molecule has 0 atom stereocenters. The van der Waals surface area contributed by atoms with Crippen LogP contribution < -0.4 is 10.9 Å². The second-order valence-electron chi connectivity index (χ2n) is 5.12. The average molecular weight is 306 g/mol. The van der Waals surface area contributed by atoms with Crippen molar-refractivity contribution < 1.29 is 4.79 Å². The molecule has 2 aromatic rings. The second kappa shape index (κ2) is 6.36. The lowest BCUT2D eigenvalue weighted by molar-refractivity contribution is -0.131. The van der Waals surface area contributed by atoms with E-state index in [0.717, 1.165) is 37.4 Å². The molecule has 0 spiro atoms. The Balaban J connectivity index is 1.66. The lowest BCUT2D eigenvalue weighted by Gasteiger charge is -2.20. The quantitative estimate of drug-likeness (QED) is 0.905. The molecule has 0 aromatic carbocycles. The van der Waals surface area contributed by atoms with Crippen LogP contribution in [0.15, 0.2) is 22.6 Å². The molecule has 1 amide bonds. The highest BCUT2D eigenvalue weighted by molar-refractivity contribution is 7.16. The summed E-state index contributed by atoms with van der Waals surface area (Å²) in [6.07, 6.45) is 2.86. The van der Waals surface area contributed by atoms with Gasteiger partial charge in [0.2, 0.25) is 5.91 Å². The minimum absolute atomic E-state index is 0.0633. The summed E-state index contributed by atoms with van der Waals surface area (Å²) in [5, 5.41) is 5.77. The summed E-state index contributed by atoms with van der Waals surface area (Å²) in [5.41, 5.74) is -0.0633. The Morgan fingerprint density at radius 3 is 3.19 bits per heavy atom. The first-order chi connectivity index (χ1) is 10.3. The van der Waals surface area contributed by atoms with Gasteiger partial charge in [-0.2, -0.15) is 0 Å². The van der Waals surface area contributed by atoms with E-state index < -0.39 is 0 Å². The fraction of sp³-hybridized carbons (Fsp3) is 0.500. The first kappa shape index (κ1) is 14.2. The lowest BCUT2D eigenvalue weighted by Crippen LogP contribution is -2.35. The standard InChI is InChI=1S/C14H18N4O2S/c19-12(17-6-1-4-15-5-8-17)2-7-18-10-16-13-11(14(18)20)3-9-21-13/h3,9-10,15H,1-2,4-8H2. The van der Waals surface area contributed by atoms with E-state index in [4.69, 9.17) is 0 Å². The number of aryl methyl sites for hydroxylation is 1. The number of rotatable bonds is 3. The number of nitrogens with one attached hydrogen (secondary N) is 1. The number of carbonyl (C=O) groups is 1. The molecule has 7 heteroatoms. The number of thiophene rings is 1. The third-order valence-electron chi connectivity index (χ3n) is 3.71. The van der Waals surface area contributed by atoms with Crippen molar-refractivity contribution in [1.82, 2.24) is 19.8 Å². The van der Waals surface area contributed by atoms with Gasteiger partial charge in [0, 0.05) is 32.6 Å². The maximum Gasteiger partial charge on any atom is 0.262 e. The largest absolute Gasteiger partial charge is 0.341 e. The molecule has 0 saturated carbocycles. The van der Waals surface area contributed by atoms with E-state index in [9.17, 15) is 9.59 Å². The van der Waals surface area contributed by atoms with Crippen LogP contribution in [-0.2, 0) is 11.3 Å². The molecule has 1 fully saturated rings. The molecule has 1 aliphatic heterocycles. The minimum Gasteiger partial charge on any atom is -0.341 e. The molecule has 3 heterocycles. The second-order valence-corrected chi connectivity index (χ2v) is 6.01. The molecule has 112 valence electrons. The Hall–Kier alpha value is -1.73. The van der Waals surface area contributed by atoms with E-state index in [1.165, 1.54) is 15.9 Å². The van der Waals surface area contributed by atoms with Gasteiger partial charge >= 0.3 is 0 Å². The highest BCUT2D eigenvalue weighted by Crippen LogP contribution is 2.13. The van der Waals surface area contributed by atoms with Crippen LogP contribution in [0.1, 0.15) is 12.8 Å². The van der Waals surface area contributed by atoms with E-state index in [1.54, 1.807) is 12.4 Å². The van der Waals surface area contributed by atoms with Crippen molar-refractivity contribution in [3.63, 3.8) is 0 Å². The summed E-state index contributed by atoms with van der Waals surface area (Å²) in [6, 6.07) is 1.79. The molecule has 0 unspecified atom stereocenters. The number of aromatic nitrogens is 2. The zero-order valence-electron chi connectivity index (χ0n) is 11.7. The normalized spacial score (nSPS) is 16.1. The number of hydrogen-bond donors (Lipinski definition) is 1. The zero-order chi connectivity index (χ0) is 14.7. The molecule has 3 rings (SSSR count). The van der Waals surface area contributed by atoms with Crippen LogP contribution >= 0.6 is 11.3 Å². The van der Waals surface area contributed by atoms with Crippen LogP contribution in [0.25, 0.3) is 10.2 Å². The van der Waals surface area contributed by atoms with Crippen molar-refractivity contribution in [2.24, 2.45) is 0 Å². The highest BCUT2D eigenvalue weighted by atomic mass is 32.1. The Morgan fingerprint density at radius 1 is 1.38 bits per heavy atom. The molecule has 0 radical (unpaired) electrons. The van der Waals surface area contributed by atoms with Gasteiger partial charge in [0.05, 0.1) is 11.7 Å². The highest BCUT2D eigenvalue weighted by Gasteiger charge is 2.15. The van der Waals surface area contributed by atoms with E-state index in [1.807, 2.05) is 10.3 Å². The van der Waals surface area contributed by atoms with Gasteiger partial charge in [0.15, 0.2) is 0 Å². The van der Waals surface area contributed by atoms with Crippen molar-refractivity contribution in [2.45, 2.75) is 19.4 Å². The van der Waals surface area contributed by atoms with Crippen LogP contribution in [0.3, 0.4) is 0 Å². The van der Waals surface area contributed by atoms with Crippen LogP contribution in [-0.4, -0.2) is 46.5 Å². The SMILES string of the molecule is O=C(CCn1cnc2sccc2c1=O)N1CCCNCC1.